The zero-order valence-corrected chi connectivity index (χ0v) is 16.1. The van der Waals surface area contributed by atoms with Gasteiger partial charge in [0.05, 0.1) is 36.3 Å². The summed E-state index contributed by atoms with van der Waals surface area (Å²) in [7, 11) is 3.08. The van der Waals surface area contributed by atoms with Crippen LogP contribution in [-0.2, 0) is 0 Å². The van der Waals surface area contributed by atoms with Crippen molar-refractivity contribution in [3.63, 3.8) is 0 Å². The van der Waals surface area contributed by atoms with Crippen LogP contribution in [0, 0.1) is 5.82 Å². The number of ether oxygens (including phenoxy) is 2. The molecule has 4 aromatic rings. The number of aromatic nitrogens is 2. The molecule has 0 atom stereocenters. The van der Waals surface area contributed by atoms with Crippen molar-refractivity contribution in [2.75, 3.05) is 20.0 Å². The smallest absolute Gasteiger partial charge is 0.203 e. The van der Waals surface area contributed by atoms with Gasteiger partial charge in [0.15, 0.2) is 0 Å². The number of anilines is 1. The number of nitrogens with zero attached hydrogens (tertiary/aromatic N) is 2. The number of aromatic hydroxyl groups is 1. The van der Waals surface area contributed by atoms with Crippen molar-refractivity contribution in [2.24, 2.45) is 0 Å². The number of nitrogens with two attached hydrogens (primary N) is 1. The lowest BCUT2D eigenvalue weighted by molar-refractivity contribution is 0.395. The van der Waals surface area contributed by atoms with Crippen molar-refractivity contribution < 1.29 is 19.0 Å². The van der Waals surface area contributed by atoms with Gasteiger partial charge in [0.2, 0.25) is 5.88 Å². The molecule has 1 saturated carbocycles. The molecule has 2 heterocycles. The molecule has 6 nitrogen and oxygen atoms in total. The van der Waals surface area contributed by atoms with Crippen molar-refractivity contribution in [2.45, 2.75) is 18.9 Å². The van der Waals surface area contributed by atoms with Crippen molar-refractivity contribution >= 4 is 27.5 Å². The Labute approximate surface area is 166 Å². The fourth-order valence-electron chi connectivity index (χ4n) is 3.89. The third kappa shape index (κ3) is 2.57. The lowest BCUT2D eigenvalue weighted by atomic mass is 9.98. The molecule has 1 aliphatic rings. The Morgan fingerprint density at radius 3 is 2.66 bits per heavy atom. The van der Waals surface area contributed by atoms with Crippen LogP contribution in [0.5, 0.6) is 17.4 Å². The highest BCUT2D eigenvalue weighted by molar-refractivity contribution is 6.12. The molecule has 0 unspecified atom stereocenters. The summed E-state index contributed by atoms with van der Waals surface area (Å²) < 4.78 is 27.6. The molecule has 7 heteroatoms. The zero-order chi connectivity index (χ0) is 20.3. The molecule has 2 aromatic heterocycles. The van der Waals surface area contributed by atoms with E-state index in [0.717, 1.165) is 12.8 Å². The predicted molar refractivity (Wildman–Crippen MR) is 110 cm³/mol. The molecule has 5 rings (SSSR count). The van der Waals surface area contributed by atoms with Crippen LogP contribution in [0.25, 0.3) is 32.9 Å². The number of hydrogen-bond donors (Lipinski definition) is 2. The highest BCUT2D eigenvalue weighted by atomic mass is 19.1. The second kappa shape index (κ2) is 6.27. The zero-order valence-electron chi connectivity index (χ0n) is 16.1. The van der Waals surface area contributed by atoms with E-state index in [1.165, 1.54) is 13.2 Å². The lowest BCUT2D eigenvalue weighted by Crippen LogP contribution is -1.97. The number of halogens is 1. The minimum Gasteiger partial charge on any atom is -0.497 e. The molecule has 1 aliphatic carbocycles. The summed E-state index contributed by atoms with van der Waals surface area (Å²) in [4.78, 5) is 4.70. The summed E-state index contributed by atoms with van der Waals surface area (Å²) in [6.45, 7) is 0. The third-order valence-electron chi connectivity index (χ3n) is 5.52. The fraction of sp³-hybridized carbons (Fsp3) is 0.227. The molecule has 0 radical (unpaired) electrons. The molecular formula is C22H20FN3O3. The summed E-state index contributed by atoms with van der Waals surface area (Å²) in [6, 6.07) is 8.41. The van der Waals surface area contributed by atoms with Crippen molar-refractivity contribution in [3.05, 3.63) is 42.3 Å². The second-order valence-corrected chi connectivity index (χ2v) is 7.26. The van der Waals surface area contributed by atoms with E-state index < -0.39 is 5.82 Å². The minimum absolute atomic E-state index is 0.113. The first-order valence-corrected chi connectivity index (χ1v) is 9.37. The Balaban J connectivity index is 1.85. The van der Waals surface area contributed by atoms with Crippen LogP contribution >= 0.6 is 0 Å². The molecule has 1 fully saturated rings. The Kier molecular flexibility index (Phi) is 3.81. The van der Waals surface area contributed by atoms with Crippen molar-refractivity contribution in [1.29, 1.82) is 0 Å². The molecule has 0 aliphatic heterocycles. The number of rotatable bonds is 4. The standard InChI is InChI=1S/C22H20FN3O3/c1-28-12-5-6-13(17(9-12)29-2)18-15(23)8-7-14-20(24)19-16(25-21(14)18)10-26(22(19)27)11-3-4-11/h5-11,27H,3-4,24H2,1-2H3. The first kappa shape index (κ1) is 17.6. The van der Waals surface area contributed by atoms with Gasteiger partial charge >= 0.3 is 0 Å². The van der Waals surface area contributed by atoms with Crippen LogP contribution in [0.3, 0.4) is 0 Å². The number of nitrogen functional groups attached to an aromatic ring is 1. The number of methoxy groups -OCH3 is 2. The summed E-state index contributed by atoms with van der Waals surface area (Å²) in [6.07, 6.45) is 3.81. The molecule has 2 aromatic carbocycles. The fourth-order valence-corrected chi connectivity index (χ4v) is 3.89. The molecule has 0 spiro atoms. The van der Waals surface area contributed by atoms with Crippen LogP contribution in [0.15, 0.2) is 36.5 Å². The van der Waals surface area contributed by atoms with E-state index in [2.05, 4.69) is 0 Å². The van der Waals surface area contributed by atoms with Crippen LogP contribution < -0.4 is 15.2 Å². The summed E-state index contributed by atoms with van der Waals surface area (Å²) in [5, 5.41) is 11.7. The van der Waals surface area contributed by atoms with Gasteiger partial charge in [0.25, 0.3) is 0 Å². The van der Waals surface area contributed by atoms with Crippen molar-refractivity contribution in [1.82, 2.24) is 9.55 Å². The monoisotopic (exact) mass is 393 g/mol. The Morgan fingerprint density at radius 2 is 1.97 bits per heavy atom. The molecule has 0 amide bonds. The summed E-state index contributed by atoms with van der Waals surface area (Å²) in [5.74, 6) is 0.752. The maximum absolute atomic E-state index is 15.0. The summed E-state index contributed by atoms with van der Waals surface area (Å²) in [5.41, 5.74) is 8.61. The van der Waals surface area contributed by atoms with E-state index >= 15 is 4.39 Å². The number of hydrogen-bond acceptors (Lipinski definition) is 5. The lowest BCUT2D eigenvalue weighted by Gasteiger charge is -2.14. The van der Waals surface area contributed by atoms with Gasteiger partial charge in [-0.15, -0.1) is 0 Å². The van der Waals surface area contributed by atoms with Gasteiger partial charge in [-0.05, 0) is 37.1 Å². The first-order chi connectivity index (χ1) is 14.0. The van der Waals surface area contributed by atoms with Crippen molar-refractivity contribution in [3.8, 4) is 28.5 Å². The Hall–Kier alpha value is -3.48. The van der Waals surface area contributed by atoms with E-state index in [1.807, 2.05) is 0 Å². The normalized spacial score (nSPS) is 13.9. The van der Waals surface area contributed by atoms with Gasteiger partial charge in [-0.3, -0.25) is 0 Å². The van der Waals surface area contributed by atoms with Gasteiger partial charge < -0.3 is 24.9 Å². The minimum atomic E-state index is -0.432. The van der Waals surface area contributed by atoms with Crippen LogP contribution in [-0.4, -0.2) is 28.9 Å². The maximum Gasteiger partial charge on any atom is 0.203 e. The average Bonchev–Trinajstić information content (AvgIpc) is 3.51. The maximum atomic E-state index is 15.0. The SMILES string of the molecule is COc1ccc(-c2c(F)ccc3c(N)c4c(O)n(C5CC5)cc4nc23)c(OC)c1. The average molecular weight is 393 g/mol. The molecule has 148 valence electrons. The van der Waals surface area contributed by atoms with Crippen LogP contribution in [0.2, 0.25) is 0 Å². The van der Waals surface area contributed by atoms with E-state index in [0.29, 0.717) is 50.1 Å². The predicted octanol–water partition coefficient (Wildman–Crippen LogP) is 4.64. The van der Waals surface area contributed by atoms with Gasteiger partial charge in [-0.1, -0.05) is 0 Å². The van der Waals surface area contributed by atoms with Gasteiger partial charge in [0, 0.05) is 34.8 Å². The number of fused-ring (bicyclic) bond motifs is 2. The highest BCUT2D eigenvalue weighted by Crippen LogP contribution is 2.46. The topological polar surface area (TPSA) is 82.5 Å². The van der Waals surface area contributed by atoms with E-state index in [1.54, 1.807) is 42.1 Å². The van der Waals surface area contributed by atoms with Crippen LogP contribution in [0.4, 0.5) is 10.1 Å². The van der Waals surface area contributed by atoms with E-state index in [4.69, 9.17) is 20.2 Å². The van der Waals surface area contributed by atoms with E-state index in [-0.39, 0.29) is 11.9 Å². The molecule has 29 heavy (non-hydrogen) atoms. The Morgan fingerprint density at radius 1 is 1.17 bits per heavy atom. The summed E-state index contributed by atoms with van der Waals surface area (Å²) >= 11 is 0. The molecular weight excluding hydrogens is 373 g/mol. The third-order valence-corrected chi connectivity index (χ3v) is 5.52. The quantitative estimate of drug-likeness (QED) is 0.528. The number of pyridine rings is 1. The molecule has 0 saturated heterocycles. The largest absolute Gasteiger partial charge is 0.497 e. The van der Waals surface area contributed by atoms with Crippen LogP contribution in [0.1, 0.15) is 18.9 Å². The first-order valence-electron chi connectivity index (χ1n) is 9.37. The van der Waals surface area contributed by atoms with E-state index in [9.17, 15) is 5.11 Å². The Bertz CT molecular complexity index is 1280. The molecule has 3 N–H and O–H groups in total. The van der Waals surface area contributed by atoms with Gasteiger partial charge in [0.1, 0.15) is 17.3 Å². The van der Waals surface area contributed by atoms with Gasteiger partial charge in [-0.25, -0.2) is 9.37 Å². The second-order valence-electron chi connectivity index (χ2n) is 7.26. The number of benzene rings is 2. The van der Waals surface area contributed by atoms with Gasteiger partial charge in [-0.2, -0.15) is 0 Å². The highest BCUT2D eigenvalue weighted by Gasteiger charge is 2.28. The molecule has 0 bridgehead atoms.